The van der Waals surface area contributed by atoms with E-state index in [-0.39, 0.29) is 24.4 Å². The Balaban J connectivity index is 0.000000586. The number of nitrogens with two attached hydrogens (primary N) is 1. The number of alkyl halides is 3. The van der Waals surface area contributed by atoms with Crippen molar-refractivity contribution in [1.29, 1.82) is 5.41 Å². The Morgan fingerprint density at radius 2 is 1.47 bits per heavy atom. The standard InChI is InChI=1S/C32H36F3N3O6S.C9H11N3O/c1-22(17-24-12-6-13-25(18-24)20-36-31(41)32(33,34)35)37-29(39)28(16-8-11-23-9-4-3-5-10-23)38-45(42,43)21-26-14-7-15-27(19-26)30(40)44-2;10-9(11)8-3-1-7(2-4-8)5-12-6-13/h3-7,9-10,12-15,18-19,22,28,38H,8,11,16-17,20-21H2,1-2H3,(H,36,41)(H,37,39);1-4,6H,5H2,(H3,10,11)(H,12,13). The predicted molar refractivity (Wildman–Crippen MR) is 213 cm³/mol. The van der Waals surface area contributed by atoms with Crippen LogP contribution in [0.5, 0.6) is 0 Å². The number of sulfonamides is 1. The molecule has 4 aromatic carbocycles. The number of nitrogen functional groups attached to an aromatic ring is 1. The van der Waals surface area contributed by atoms with Gasteiger partial charge in [0.2, 0.25) is 22.3 Å². The van der Waals surface area contributed by atoms with Crippen LogP contribution in [-0.4, -0.2) is 63.8 Å². The van der Waals surface area contributed by atoms with Gasteiger partial charge in [-0.2, -0.15) is 13.2 Å². The van der Waals surface area contributed by atoms with Gasteiger partial charge in [-0.05, 0) is 72.6 Å². The topological polar surface area (TPSA) is 210 Å². The molecule has 3 amide bonds. The second-order valence-electron chi connectivity index (χ2n) is 13.2. The van der Waals surface area contributed by atoms with Gasteiger partial charge in [0, 0.05) is 24.7 Å². The maximum Gasteiger partial charge on any atom is 0.471 e. The van der Waals surface area contributed by atoms with Crippen molar-refractivity contribution in [2.45, 2.75) is 69.7 Å². The molecule has 0 fully saturated rings. The first kappa shape index (κ1) is 46.3. The minimum Gasteiger partial charge on any atom is -0.465 e. The van der Waals surface area contributed by atoms with E-state index in [2.05, 4.69) is 15.4 Å². The van der Waals surface area contributed by atoms with E-state index >= 15 is 0 Å². The van der Waals surface area contributed by atoms with Crippen molar-refractivity contribution < 1.29 is 45.5 Å². The molecule has 0 heterocycles. The number of methoxy groups -OCH3 is 1. The van der Waals surface area contributed by atoms with Crippen LogP contribution in [0.25, 0.3) is 0 Å². The van der Waals surface area contributed by atoms with Crippen LogP contribution < -0.4 is 26.4 Å². The maximum absolute atomic E-state index is 13.4. The molecule has 0 bridgehead atoms. The monoisotopic (exact) mass is 824 g/mol. The van der Waals surface area contributed by atoms with E-state index in [1.165, 1.54) is 19.2 Å². The molecule has 13 nitrogen and oxygen atoms in total. The normalized spacial score (nSPS) is 12.2. The van der Waals surface area contributed by atoms with Gasteiger partial charge >= 0.3 is 18.1 Å². The lowest BCUT2D eigenvalue weighted by Gasteiger charge is -2.22. The number of halogens is 3. The van der Waals surface area contributed by atoms with Crippen molar-refractivity contribution in [1.82, 2.24) is 20.7 Å². The zero-order valence-corrected chi connectivity index (χ0v) is 32.8. The molecule has 0 saturated carbocycles. The molecule has 0 aliphatic carbocycles. The fraction of sp³-hybridized carbons (Fsp3) is 0.293. The number of amides is 3. The predicted octanol–water partition coefficient (Wildman–Crippen LogP) is 4.43. The second kappa shape index (κ2) is 22.6. The van der Waals surface area contributed by atoms with Crippen molar-refractivity contribution in [2.24, 2.45) is 5.73 Å². The highest BCUT2D eigenvalue weighted by atomic mass is 32.2. The van der Waals surface area contributed by atoms with Gasteiger partial charge in [0.25, 0.3) is 0 Å². The maximum atomic E-state index is 13.4. The van der Waals surface area contributed by atoms with E-state index < -0.39 is 51.8 Å². The quantitative estimate of drug-likeness (QED) is 0.0344. The number of hydrogen-bond acceptors (Lipinski definition) is 8. The number of nitrogens with one attached hydrogen (secondary N) is 5. The third-order valence-electron chi connectivity index (χ3n) is 8.43. The minimum atomic E-state index is -4.98. The SMILES string of the molecule is COC(=O)c1cccc(CS(=O)(=O)NC(CCCc2ccccc2)C(=O)NC(C)Cc2cccc(CNC(=O)C(F)(F)F)c2)c1.N=C(N)c1ccc(CNC=O)cc1. The van der Waals surface area contributed by atoms with Crippen molar-refractivity contribution in [3.8, 4) is 0 Å². The van der Waals surface area contributed by atoms with Crippen LogP contribution in [0, 0.1) is 5.41 Å². The molecule has 17 heteroatoms. The Morgan fingerprint density at radius 3 is 2.10 bits per heavy atom. The molecule has 2 atom stereocenters. The zero-order chi connectivity index (χ0) is 42.7. The molecule has 2 unspecified atom stereocenters. The number of ether oxygens (including phenoxy) is 1. The lowest BCUT2D eigenvalue weighted by molar-refractivity contribution is -0.173. The lowest BCUT2D eigenvalue weighted by atomic mass is 10.0. The number of hydrogen-bond donors (Lipinski definition) is 6. The van der Waals surface area contributed by atoms with Gasteiger partial charge in [0.15, 0.2) is 0 Å². The number of carbonyl (C=O) groups is 4. The number of aryl methyl sites for hydroxylation is 1. The smallest absolute Gasteiger partial charge is 0.465 e. The summed E-state index contributed by atoms with van der Waals surface area (Å²) >= 11 is 0. The van der Waals surface area contributed by atoms with E-state index in [0.717, 1.165) is 11.1 Å². The molecule has 0 radical (unpaired) electrons. The Hall–Kier alpha value is -6.07. The number of benzene rings is 4. The van der Waals surface area contributed by atoms with E-state index in [0.29, 0.717) is 54.5 Å². The highest BCUT2D eigenvalue weighted by molar-refractivity contribution is 7.88. The van der Waals surface area contributed by atoms with E-state index in [4.69, 9.17) is 15.9 Å². The van der Waals surface area contributed by atoms with Gasteiger partial charge in [0.05, 0.1) is 18.4 Å². The number of esters is 1. The van der Waals surface area contributed by atoms with Crippen LogP contribution in [0.15, 0.2) is 103 Å². The summed E-state index contributed by atoms with van der Waals surface area (Å²) in [6, 6.07) is 27.8. The van der Waals surface area contributed by atoms with Crippen LogP contribution in [0.2, 0.25) is 0 Å². The van der Waals surface area contributed by atoms with Gasteiger partial charge < -0.3 is 26.4 Å². The highest BCUT2D eigenvalue weighted by Crippen LogP contribution is 2.16. The highest BCUT2D eigenvalue weighted by Gasteiger charge is 2.38. The molecule has 4 rings (SSSR count). The summed E-state index contributed by atoms with van der Waals surface area (Å²) in [7, 11) is -2.80. The van der Waals surface area contributed by atoms with Crippen LogP contribution >= 0.6 is 0 Å². The van der Waals surface area contributed by atoms with Crippen LogP contribution in [0.4, 0.5) is 13.2 Å². The molecule has 0 spiro atoms. The van der Waals surface area contributed by atoms with Crippen molar-refractivity contribution in [3.05, 3.63) is 142 Å². The Bertz CT molecular complexity index is 2100. The molecule has 7 N–H and O–H groups in total. The Kier molecular flexibility index (Phi) is 18.1. The molecular weight excluding hydrogens is 778 g/mol. The zero-order valence-electron chi connectivity index (χ0n) is 32.0. The van der Waals surface area contributed by atoms with Gasteiger partial charge in [-0.25, -0.2) is 17.9 Å². The van der Waals surface area contributed by atoms with E-state index in [9.17, 15) is 40.8 Å². The summed E-state index contributed by atoms with van der Waals surface area (Å²) in [5.41, 5.74) is 9.68. The summed E-state index contributed by atoms with van der Waals surface area (Å²) in [5, 5.41) is 14.4. The third-order valence-corrected chi connectivity index (χ3v) is 9.79. The molecule has 0 aliphatic rings. The summed E-state index contributed by atoms with van der Waals surface area (Å²) in [5.74, 6) is -3.59. The molecule has 0 aliphatic heterocycles. The van der Waals surface area contributed by atoms with E-state index in [1.807, 2.05) is 47.8 Å². The third kappa shape index (κ3) is 16.6. The number of rotatable bonds is 19. The summed E-state index contributed by atoms with van der Waals surface area (Å²) in [6.45, 7) is 1.91. The molecule has 0 saturated heterocycles. The summed E-state index contributed by atoms with van der Waals surface area (Å²) < 4.78 is 71.1. The summed E-state index contributed by atoms with van der Waals surface area (Å²) in [6.07, 6.45) is -2.68. The van der Waals surface area contributed by atoms with Gasteiger partial charge in [-0.15, -0.1) is 0 Å². The first-order valence-corrected chi connectivity index (χ1v) is 19.7. The fourth-order valence-electron chi connectivity index (χ4n) is 5.64. The Labute approximate surface area is 335 Å². The minimum absolute atomic E-state index is 0.0508. The largest absolute Gasteiger partial charge is 0.471 e. The molecule has 58 heavy (non-hydrogen) atoms. The van der Waals surface area contributed by atoms with Crippen LogP contribution in [-0.2, 0) is 60.8 Å². The van der Waals surface area contributed by atoms with Gasteiger partial charge in [-0.3, -0.25) is 19.8 Å². The summed E-state index contributed by atoms with van der Waals surface area (Å²) in [4.78, 5) is 46.4. The van der Waals surface area contributed by atoms with Crippen molar-refractivity contribution >= 4 is 40.1 Å². The van der Waals surface area contributed by atoms with Gasteiger partial charge in [0.1, 0.15) is 11.9 Å². The molecular formula is C41H47F3N6O7S. The van der Waals surface area contributed by atoms with Crippen LogP contribution in [0.1, 0.15) is 63.5 Å². The second-order valence-corrected chi connectivity index (χ2v) is 15.0. The van der Waals surface area contributed by atoms with Crippen molar-refractivity contribution in [2.75, 3.05) is 7.11 Å². The van der Waals surface area contributed by atoms with Crippen LogP contribution in [0.3, 0.4) is 0 Å². The lowest BCUT2D eigenvalue weighted by Crippen LogP contribution is -2.49. The molecule has 4 aromatic rings. The van der Waals surface area contributed by atoms with Gasteiger partial charge in [-0.1, -0.05) is 91.0 Å². The van der Waals surface area contributed by atoms with E-state index in [1.54, 1.807) is 55.5 Å². The Morgan fingerprint density at radius 1 is 0.828 bits per heavy atom. The molecule has 310 valence electrons. The first-order valence-electron chi connectivity index (χ1n) is 18.0. The first-order chi connectivity index (χ1) is 27.5. The van der Waals surface area contributed by atoms with Crippen molar-refractivity contribution in [3.63, 3.8) is 0 Å². The number of amidine groups is 1. The molecule has 0 aromatic heterocycles. The fourth-order valence-corrected chi connectivity index (χ4v) is 7.00. The average Bonchev–Trinajstić information content (AvgIpc) is 3.18. The number of carbonyl (C=O) groups excluding carboxylic acids is 4. The average molecular weight is 825 g/mol.